The lowest BCUT2D eigenvalue weighted by atomic mass is 9.49. The monoisotopic (exact) mass is 384 g/mol. The molecule has 4 aliphatic rings. The number of hydrogen-bond donors (Lipinski definition) is 1. The Morgan fingerprint density at radius 2 is 1.64 bits per heavy atom. The van der Waals surface area contributed by atoms with Crippen LogP contribution in [0.5, 0.6) is 0 Å². The van der Waals surface area contributed by atoms with Gasteiger partial charge in [0.05, 0.1) is 12.0 Å². The number of hydrogen-bond acceptors (Lipinski definition) is 4. The Kier molecular flexibility index (Phi) is 4.85. The first-order valence-corrected chi connectivity index (χ1v) is 10.2. The number of rotatable bonds is 7. The second-order valence-electron chi connectivity index (χ2n) is 8.08. The van der Waals surface area contributed by atoms with E-state index in [-0.39, 0.29) is 0 Å². The molecule has 0 aromatic rings. The summed E-state index contributed by atoms with van der Waals surface area (Å²) in [7, 11) is -5.00. The van der Waals surface area contributed by atoms with Gasteiger partial charge in [-0.1, -0.05) is 0 Å². The van der Waals surface area contributed by atoms with Gasteiger partial charge in [-0.25, -0.2) is 13.2 Å². The lowest BCUT2D eigenvalue weighted by Gasteiger charge is -2.55. The largest absolute Gasteiger partial charge is 0.465 e. The topological polar surface area (TPSA) is 80.7 Å². The first-order valence-electron chi connectivity index (χ1n) is 8.63. The highest BCUT2D eigenvalue weighted by molar-refractivity contribution is 7.85. The van der Waals surface area contributed by atoms with Crippen molar-refractivity contribution in [3.05, 3.63) is 0 Å². The zero-order chi connectivity index (χ0) is 18.5. The van der Waals surface area contributed by atoms with E-state index in [4.69, 9.17) is 9.29 Å². The van der Waals surface area contributed by atoms with Crippen molar-refractivity contribution >= 4 is 16.1 Å². The average molecular weight is 384 g/mol. The first kappa shape index (κ1) is 18.9. The number of alkyl halides is 3. The van der Waals surface area contributed by atoms with Crippen LogP contribution < -0.4 is 0 Å². The molecule has 4 saturated carbocycles. The fraction of sp³-hybridized carbons (Fsp3) is 0.938. The molecule has 9 heteroatoms. The van der Waals surface area contributed by atoms with E-state index in [2.05, 4.69) is 0 Å². The third-order valence-electron chi connectivity index (χ3n) is 5.91. The smallest absolute Gasteiger partial charge is 0.312 e. The van der Waals surface area contributed by atoms with Crippen LogP contribution in [0.2, 0.25) is 0 Å². The average Bonchev–Trinajstić information content (AvgIpc) is 2.42. The molecule has 0 spiro atoms. The Balaban J connectivity index is 1.51. The maximum absolute atomic E-state index is 13.6. The molecular weight excluding hydrogens is 361 g/mol. The van der Waals surface area contributed by atoms with Gasteiger partial charge in [-0.3, -0.25) is 9.35 Å². The van der Waals surface area contributed by atoms with Gasteiger partial charge in [-0.05, 0) is 56.3 Å². The van der Waals surface area contributed by atoms with Gasteiger partial charge in [-0.2, -0.15) is 8.42 Å². The molecule has 0 amide bonds. The van der Waals surface area contributed by atoms with E-state index >= 15 is 0 Å². The SMILES string of the molecule is O=C(OCCC(F)C(F)(F)CS(=O)(=O)O)C12CC3CC(CC(C3)C1)C2. The first-order chi connectivity index (χ1) is 11.5. The third-order valence-corrected chi connectivity index (χ3v) is 6.66. The van der Waals surface area contributed by atoms with Crippen molar-refractivity contribution in [1.29, 1.82) is 0 Å². The van der Waals surface area contributed by atoms with Gasteiger partial charge in [0.1, 0.15) is 5.75 Å². The summed E-state index contributed by atoms with van der Waals surface area (Å²) in [6.45, 7) is -0.525. The van der Waals surface area contributed by atoms with E-state index in [9.17, 15) is 26.4 Å². The standard InChI is InChI=1S/C16H23F3O5S/c17-13(16(18,19)9-25(21,22)23)1-2-24-14(20)15-6-10-3-11(7-15)5-12(4-10)8-15/h10-13H,1-9H2,(H,21,22,23). The van der Waals surface area contributed by atoms with E-state index in [0.29, 0.717) is 17.8 Å². The third kappa shape index (κ3) is 4.13. The minimum atomic E-state index is -5.00. The van der Waals surface area contributed by atoms with Crippen molar-refractivity contribution in [2.24, 2.45) is 23.2 Å². The lowest BCUT2D eigenvalue weighted by molar-refractivity contribution is -0.172. The summed E-state index contributed by atoms with van der Waals surface area (Å²) in [6.07, 6.45) is 2.09. The van der Waals surface area contributed by atoms with Crippen molar-refractivity contribution in [3.8, 4) is 0 Å². The van der Waals surface area contributed by atoms with Gasteiger partial charge >= 0.3 is 5.97 Å². The zero-order valence-electron chi connectivity index (χ0n) is 13.8. The molecule has 1 unspecified atom stereocenters. The highest BCUT2D eigenvalue weighted by Gasteiger charge is 2.55. The van der Waals surface area contributed by atoms with Gasteiger partial charge < -0.3 is 4.74 Å². The Bertz CT molecular complexity index is 598. The summed E-state index contributed by atoms with van der Waals surface area (Å²) in [5.74, 6) is -5.08. The van der Waals surface area contributed by atoms with Gasteiger partial charge in [-0.15, -0.1) is 0 Å². The molecule has 144 valence electrons. The van der Waals surface area contributed by atoms with Crippen molar-refractivity contribution in [1.82, 2.24) is 0 Å². The van der Waals surface area contributed by atoms with E-state index in [1.165, 1.54) is 0 Å². The maximum atomic E-state index is 13.6. The van der Waals surface area contributed by atoms with Crippen LogP contribution >= 0.6 is 0 Å². The molecule has 0 heterocycles. The molecule has 4 bridgehead atoms. The zero-order valence-corrected chi connectivity index (χ0v) is 14.6. The fourth-order valence-corrected chi connectivity index (χ4v) is 5.98. The molecule has 0 aromatic carbocycles. The number of carbonyl (C=O) groups is 1. The number of ether oxygens (including phenoxy) is 1. The summed E-state index contributed by atoms with van der Waals surface area (Å²) in [4.78, 5) is 12.5. The molecule has 5 nitrogen and oxygen atoms in total. The molecule has 0 radical (unpaired) electrons. The molecule has 0 saturated heterocycles. The molecule has 0 aromatic heterocycles. The number of carbonyl (C=O) groups excluding carboxylic acids is 1. The van der Waals surface area contributed by atoms with Crippen LogP contribution in [-0.2, 0) is 19.6 Å². The van der Waals surface area contributed by atoms with Crippen LogP contribution in [-0.4, -0.2) is 43.4 Å². The highest BCUT2D eigenvalue weighted by atomic mass is 32.2. The Labute approximate surface area is 145 Å². The summed E-state index contributed by atoms with van der Waals surface area (Å²) in [5.41, 5.74) is -0.544. The van der Waals surface area contributed by atoms with Gasteiger partial charge in [0.25, 0.3) is 16.0 Å². The van der Waals surface area contributed by atoms with Crippen LogP contribution in [0, 0.1) is 23.2 Å². The van der Waals surface area contributed by atoms with E-state index in [0.717, 1.165) is 38.5 Å². The Morgan fingerprint density at radius 1 is 1.16 bits per heavy atom. The maximum Gasteiger partial charge on any atom is 0.312 e. The molecular formula is C16H23F3O5S. The van der Waals surface area contributed by atoms with Crippen LogP contribution in [0.15, 0.2) is 0 Å². The summed E-state index contributed by atoms with van der Waals surface area (Å²) >= 11 is 0. The van der Waals surface area contributed by atoms with Gasteiger partial charge in [0, 0.05) is 6.42 Å². The predicted molar refractivity (Wildman–Crippen MR) is 82.4 cm³/mol. The minimum absolute atomic E-state index is 0.433. The minimum Gasteiger partial charge on any atom is -0.465 e. The van der Waals surface area contributed by atoms with E-state index in [1.54, 1.807) is 0 Å². The van der Waals surface area contributed by atoms with Crippen molar-refractivity contribution in [3.63, 3.8) is 0 Å². The van der Waals surface area contributed by atoms with Crippen molar-refractivity contribution in [2.75, 3.05) is 12.4 Å². The molecule has 4 rings (SSSR count). The molecule has 4 fully saturated rings. The lowest BCUT2D eigenvalue weighted by Crippen LogP contribution is -2.50. The van der Waals surface area contributed by atoms with E-state index < -0.39 is 52.4 Å². The Morgan fingerprint density at radius 3 is 2.08 bits per heavy atom. The molecule has 25 heavy (non-hydrogen) atoms. The Hall–Kier alpha value is -0.830. The summed E-state index contributed by atoms with van der Waals surface area (Å²) in [5, 5.41) is 0. The summed E-state index contributed by atoms with van der Waals surface area (Å²) < 4.78 is 75.0. The predicted octanol–water partition coefficient (Wildman–Crippen LogP) is 3.00. The second kappa shape index (κ2) is 6.40. The summed E-state index contributed by atoms with van der Waals surface area (Å²) in [6, 6.07) is 0. The number of esters is 1. The normalized spacial score (nSPS) is 35.6. The molecule has 1 N–H and O–H groups in total. The van der Waals surface area contributed by atoms with Crippen LogP contribution in [0.25, 0.3) is 0 Å². The number of halogens is 3. The second-order valence-corrected chi connectivity index (χ2v) is 9.53. The highest BCUT2D eigenvalue weighted by Crippen LogP contribution is 2.60. The molecule has 0 aliphatic heterocycles. The molecule has 1 atom stereocenters. The van der Waals surface area contributed by atoms with Crippen molar-refractivity contribution in [2.45, 2.75) is 57.0 Å². The van der Waals surface area contributed by atoms with Crippen LogP contribution in [0.1, 0.15) is 44.9 Å². The fourth-order valence-electron chi connectivity index (χ4n) is 5.31. The molecule has 4 aliphatic carbocycles. The van der Waals surface area contributed by atoms with Crippen LogP contribution in [0.4, 0.5) is 13.2 Å². The quantitative estimate of drug-likeness (QED) is 0.539. The van der Waals surface area contributed by atoms with Crippen LogP contribution in [0.3, 0.4) is 0 Å². The van der Waals surface area contributed by atoms with Gasteiger partial charge in [0.2, 0.25) is 0 Å². The van der Waals surface area contributed by atoms with Gasteiger partial charge in [0.15, 0.2) is 6.17 Å². The van der Waals surface area contributed by atoms with E-state index in [1.807, 2.05) is 0 Å². The van der Waals surface area contributed by atoms with Crippen molar-refractivity contribution < 1.29 is 35.7 Å².